The van der Waals surface area contributed by atoms with Crippen molar-refractivity contribution in [2.45, 2.75) is 57.0 Å². The Kier molecular flexibility index (Phi) is 6.98. The highest BCUT2D eigenvalue weighted by Gasteiger charge is 2.56. The van der Waals surface area contributed by atoms with E-state index in [2.05, 4.69) is 20.4 Å². The van der Waals surface area contributed by atoms with E-state index in [0.717, 1.165) is 0 Å². The summed E-state index contributed by atoms with van der Waals surface area (Å²) >= 11 is 0. The number of rotatable bonds is 8. The predicted octanol–water partition coefficient (Wildman–Crippen LogP) is 0.438. The van der Waals surface area contributed by atoms with Crippen molar-refractivity contribution >= 4 is 29.4 Å². The first-order valence-corrected chi connectivity index (χ1v) is 10.1. The summed E-state index contributed by atoms with van der Waals surface area (Å²) in [6.45, 7) is 3.33. The van der Waals surface area contributed by atoms with Crippen molar-refractivity contribution in [1.82, 2.24) is 14.6 Å². The van der Waals surface area contributed by atoms with Crippen LogP contribution in [0.1, 0.15) is 38.8 Å². The summed E-state index contributed by atoms with van der Waals surface area (Å²) in [4.78, 5) is 31.7. The minimum Gasteiger partial charge on any atom is -0.463 e. The average Bonchev–Trinajstić information content (AvgIpc) is 3.29. The molecule has 3 N–H and O–H groups in total. The molecule has 1 fully saturated rings. The molecule has 2 aromatic rings. The van der Waals surface area contributed by atoms with Gasteiger partial charge in [-0.1, -0.05) is 13.8 Å². The quantitative estimate of drug-likeness (QED) is 0.401. The number of carbonyl (C=O) groups excluding carboxylic acids is 2. The molecular weight excluding hydrogens is 406 g/mol. The molecule has 11 nitrogen and oxygen atoms in total. The molecule has 2 aromatic heterocycles. The maximum absolute atomic E-state index is 12.0. The van der Waals surface area contributed by atoms with E-state index < -0.39 is 29.9 Å². The Balaban J connectivity index is 1.99. The van der Waals surface area contributed by atoms with Crippen molar-refractivity contribution in [2.24, 2.45) is 4.99 Å². The lowest BCUT2D eigenvalue weighted by atomic mass is 9.92. The Morgan fingerprint density at radius 1 is 1.39 bits per heavy atom. The van der Waals surface area contributed by atoms with E-state index in [1.165, 1.54) is 24.1 Å². The zero-order valence-corrected chi connectivity index (χ0v) is 17.7. The number of fused-ring (bicyclic) bond motifs is 1. The second kappa shape index (κ2) is 9.50. The van der Waals surface area contributed by atoms with E-state index in [-0.39, 0.29) is 18.9 Å². The summed E-state index contributed by atoms with van der Waals surface area (Å²) in [5.74, 6) is -0.314. The van der Waals surface area contributed by atoms with Crippen molar-refractivity contribution in [2.75, 3.05) is 19.0 Å². The molecular formula is C20H27N5O6. The van der Waals surface area contributed by atoms with Crippen LogP contribution in [0, 0.1) is 0 Å². The van der Waals surface area contributed by atoms with Crippen LogP contribution in [0.4, 0.5) is 5.82 Å². The van der Waals surface area contributed by atoms with Gasteiger partial charge < -0.3 is 25.0 Å². The van der Waals surface area contributed by atoms with Gasteiger partial charge in [0.1, 0.15) is 36.8 Å². The maximum atomic E-state index is 12.0. The number of amides is 1. The molecule has 3 rings (SSSR count). The number of aromatic nitrogens is 3. The summed E-state index contributed by atoms with van der Waals surface area (Å²) in [6.07, 6.45) is 0.153. The number of aliphatic hydroxyl groups excluding tert-OH is 2. The van der Waals surface area contributed by atoms with Gasteiger partial charge in [0, 0.05) is 26.1 Å². The highest BCUT2D eigenvalue weighted by atomic mass is 16.6. The zero-order valence-electron chi connectivity index (χ0n) is 17.7. The number of aliphatic imine (C=N–C) groups is 1. The van der Waals surface area contributed by atoms with Gasteiger partial charge in [0.25, 0.3) is 0 Å². The lowest BCUT2D eigenvalue weighted by Crippen LogP contribution is -2.43. The standard InChI is InChI=1S/C20H27N5O6/c1-4-6-15(26)24-19-12-7-8-14(25(12)23-11-22-19)20(10-21-3)18(29)17(28)13(31-20)9-30-16(27)5-2/h7-8,10-11,13,17-18,28-29H,4-6,9H2,1-3H3,(H,22,23,24,26)/t13-,17-,18-,20+/m1/s1. The molecule has 1 amide bonds. The molecule has 31 heavy (non-hydrogen) atoms. The molecule has 11 heteroatoms. The van der Waals surface area contributed by atoms with Gasteiger partial charge in [-0.25, -0.2) is 9.50 Å². The minimum absolute atomic E-state index is 0.180. The van der Waals surface area contributed by atoms with Gasteiger partial charge in [-0.15, -0.1) is 0 Å². The number of ether oxygens (including phenoxy) is 2. The van der Waals surface area contributed by atoms with Crippen LogP contribution >= 0.6 is 0 Å². The Bertz CT molecular complexity index is 976. The molecule has 168 valence electrons. The SMILES string of the molecule is CCCC(=O)Nc1ncnn2c([C@]3(C=NC)O[C@H](COC(=O)CC)[C@@H](O)[C@H]3O)ccc12. The molecule has 0 unspecified atom stereocenters. The summed E-state index contributed by atoms with van der Waals surface area (Å²) in [5.41, 5.74) is -0.697. The highest BCUT2D eigenvalue weighted by Crippen LogP contribution is 2.40. The third kappa shape index (κ3) is 4.29. The van der Waals surface area contributed by atoms with Crippen LogP contribution in [0.25, 0.3) is 5.52 Å². The molecule has 4 atom stereocenters. The number of anilines is 1. The molecule has 0 saturated carbocycles. The zero-order chi connectivity index (χ0) is 22.6. The normalized spacial score (nSPS) is 25.9. The minimum atomic E-state index is -1.55. The van der Waals surface area contributed by atoms with Crippen molar-refractivity contribution in [1.29, 1.82) is 0 Å². The summed E-state index contributed by atoms with van der Waals surface area (Å²) < 4.78 is 12.6. The number of hydrogen-bond acceptors (Lipinski definition) is 9. The van der Waals surface area contributed by atoms with Gasteiger partial charge in [-0.2, -0.15) is 5.10 Å². The van der Waals surface area contributed by atoms with Crippen LogP contribution in [-0.2, 0) is 24.7 Å². The summed E-state index contributed by atoms with van der Waals surface area (Å²) in [7, 11) is 1.51. The second-order valence-electron chi connectivity index (χ2n) is 7.23. The first-order valence-electron chi connectivity index (χ1n) is 10.1. The van der Waals surface area contributed by atoms with Gasteiger partial charge >= 0.3 is 5.97 Å². The Morgan fingerprint density at radius 2 is 2.16 bits per heavy atom. The predicted molar refractivity (Wildman–Crippen MR) is 111 cm³/mol. The monoisotopic (exact) mass is 433 g/mol. The molecule has 0 aliphatic carbocycles. The van der Waals surface area contributed by atoms with Crippen LogP contribution in [0.5, 0.6) is 0 Å². The molecule has 1 aliphatic rings. The Morgan fingerprint density at radius 3 is 2.84 bits per heavy atom. The van der Waals surface area contributed by atoms with Crippen LogP contribution in [0.2, 0.25) is 0 Å². The third-order valence-corrected chi connectivity index (χ3v) is 5.10. The largest absolute Gasteiger partial charge is 0.463 e. The van der Waals surface area contributed by atoms with Crippen molar-refractivity contribution in [3.63, 3.8) is 0 Å². The topological polar surface area (TPSA) is 148 Å². The molecule has 0 aromatic carbocycles. The van der Waals surface area contributed by atoms with E-state index in [1.54, 1.807) is 19.1 Å². The molecule has 3 heterocycles. The lowest BCUT2D eigenvalue weighted by Gasteiger charge is -2.27. The maximum Gasteiger partial charge on any atom is 0.305 e. The second-order valence-corrected chi connectivity index (χ2v) is 7.23. The number of nitrogens with zero attached hydrogens (tertiary/aromatic N) is 4. The van der Waals surface area contributed by atoms with Crippen LogP contribution in [-0.4, -0.2) is 74.9 Å². The fourth-order valence-corrected chi connectivity index (χ4v) is 3.58. The number of esters is 1. The fourth-order valence-electron chi connectivity index (χ4n) is 3.58. The lowest BCUT2D eigenvalue weighted by molar-refractivity contribution is -0.149. The number of hydrogen-bond donors (Lipinski definition) is 3. The van der Waals surface area contributed by atoms with E-state index in [1.807, 2.05) is 6.92 Å². The van der Waals surface area contributed by atoms with E-state index in [4.69, 9.17) is 9.47 Å². The highest BCUT2D eigenvalue weighted by molar-refractivity contribution is 5.93. The Labute approximate surface area is 179 Å². The first-order chi connectivity index (χ1) is 14.9. The van der Waals surface area contributed by atoms with Crippen LogP contribution < -0.4 is 5.32 Å². The summed E-state index contributed by atoms with van der Waals surface area (Å²) in [5, 5.41) is 28.5. The smallest absolute Gasteiger partial charge is 0.305 e. The number of nitrogens with one attached hydrogen (secondary N) is 1. The van der Waals surface area contributed by atoms with Crippen molar-refractivity contribution in [3.8, 4) is 0 Å². The van der Waals surface area contributed by atoms with Gasteiger partial charge in [-0.3, -0.25) is 14.6 Å². The third-order valence-electron chi connectivity index (χ3n) is 5.10. The van der Waals surface area contributed by atoms with E-state index >= 15 is 0 Å². The average molecular weight is 433 g/mol. The first kappa shape index (κ1) is 22.8. The Hall–Kier alpha value is -2.89. The van der Waals surface area contributed by atoms with Crippen molar-refractivity contribution < 1.29 is 29.3 Å². The molecule has 1 aliphatic heterocycles. The fraction of sp³-hybridized carbons (Fsp3) is 0.550. The van der Waals surface area contributed by atoms with Gasteiger partial charge in [0.2, 0.25) is 5.91 Å². The van der Waals surface area contributed by atoms with Crippen molar-refractivity contribution in [3.05, 3.63) is 24.2 Å². The van der Waals surface area contributed by atoms with E-state index in [0.29, 0.717) is 29.9 Å². The molecule has 0 spiro atoms. The van der Waals surface area contributed by atoms with Gasteiger partial charge in [0.05, 0.1) is 5.69 Å². The number of aliphatic hydroxyl groups is 2. The van der Waals surface area contributed by atoms with E-state index in [9.17, 15) is 19.8 Å². The van der Waals surface area contributed by atoms with Gasteiger partial charge in [-0.05, 0) is 18.6 Å². The van der Waals surface area contributed by atoms with Gasteiger partial charge in [0.15, 0.2) is 11.4 Å². The number of carbonyl (C=O) groups is 2. The van der Waals surface area contributed by atoms with Crippen LogP contribution in [0.15, 0.2) is 23.5 Å². The molecule has 1 saturated heterocycles. The molecule has 0 bridgehead atoms. The molecule has 0 radical (unpaired) electrons. The van der Waals surface area contributed by atoms with Crippen LogP contribution in [0.3, 0.4) is 0 Å². The summed E-state index contributed by atoms with van der Waals surface area (Å²) in [6, 6.07) is 3.33.